The van der Waals surface area contributed by atoms with Crippen molar-refractivity contribution in [3.8, 4) is 5.75 Å². The van der Waals surface area contributed by atoms with Crippen molar-refractivity contribution in [3.63, 3.8) is 0 Å². The van der Waals surface area contributed by atoms with Crippen LogP contribution >= 0.6 is 11.6 Å². The maximum Gasteiger partial charge on any atom is 0.122 e. The van der Waals surface area contributed by atoms with Gasteiger partial charge in [-0.3, -0.25) is 0 Å². The van der Waals surface area contributed by atoms with E-state index in [1.165, 1.54) is 56.1 Å². The fourth-order valence-corrected chi connectivity index (χ4v) is 4.30. The zero-order valence-corrected chi connectivity index (χ0v) is 13.9. The molecule has 0 N–H and O–H groups in total. The first-order valence-electron chi connectivity index (χ1n) is 8.67. The summed E-state index contributed by atoms with van der Waals surface area (Å²) >= 11 is 6.80. The first-order chi connectivity index (χ1) is 10.3. The summed E-state index contributed by atoms with van der Waals surface area (Å²) in [6.45, 7) is 3.12. The SMILES string of the molecule is CCCCC1CCC(C(Cl)c2ccc3c(c2)CCO3)CC1. The highest BCUT2D eigenvalue weighted by atomic mass is 35.5. The second-order valence-corrected chi connectivity index (χ2v) is 7.26. The van der Waals surface area contributed by atoms with Crippen LogP contribution in [-0.2, 0) is 6.42 Å². The lowest BCUT2D eigenvalue weighted by Crippen LogP contribution is -2.18. The van der Waals surface area contributed by atoms with Gasteiger partial charge in [0.05, 0.1) is 12.0 Å². The highest BCUT2D eigenvalue weighted by Gasteiger charge is 2.28. The predicted octanol–water partition coefficient (Wildman–Crippen LogP) is 5.90. The Labute approximate surface area is 134 Å². The third kappa shape index (κ3) is 3.56. The largest absolute Gasteiger partial charge is 0.493 e. The normalized spacial score (nSPS) is 26.2. The second-order valence-electron chi connectivity index (χ2n) is 6.79. The van der Waals surface area contributed by atoms with Crippen LogP contribution in [0.4, 0.5) is 0 Å². The molecule has 0 spiro atoms. The summed E-state index contributed by atoms with van der Waals surface area (Å²) in [5.41, 5.74) is 2.65. The van der Waals surface area contributed by atoms with Crippen molar-refractivity contribution in [2.75, 3.05) is 6.61 Å². The molecule has 1 saturated carbocycles. The molecule has 0 bridgehead atoms. The van der Waals surface area contributed by atoms with Crippen molar-refractivity contribution in [1.82, 2.24) is 0 Å². The van der Waals surface area contributed by atoms with Gasteiger partial charge in [-0.25, -0.2) is 0 Å². The van der Waals surface area contributed by atoms with Crippen LogP contribution in [0.2, 0.25) is 0 Å². The fourth-order valence-electron chi connectivity index (χ4n) is 3.91. The summed E-state index contributed by atoms with van der Waals surface area (Å²) in [7, 11) is 0. The van der Waals surface area contributed by atoms with E-state index in [1.54, 1.807) is 0 Å². The zero-order chi connectivity index (χ0) is 14.7. The minimum Gasteiger partial charge on any atom is -0.493 e. The monoisotopic (exact) mass is 306 g/mol. The molecule has 0 saturated heterocycles. The van der Waals surface area contributed by atoms with Crippen LogP contribution in [0.5, 0.6) is 5.75 Å². The number of benzene rings is 1. The van der Waals surface area contributed by atoms with Crippen LogP contribution in [0.1, 0.15) is 68.4 Å². The summed E-state index contributed by atoms with van der Waals surface area (Å²) in [5, 5.41) is 0.183. The maximum atomic E-state index is 6.80. The van der Waals surface area contributed by atoms with Crippen molar-refractivity contribution < 1.29 is 4.74 Å². The van der Waals surface area contributed by atoms with Gasteiger partial charge in [0.15, 0.2) is 0 Å². The number of unbranched alkanes of at least 4 members (excludes halogenated alkanes) is 1. The van der Waals surface area contributed by atoms with Gasteiger partial charge >= 0.3 is 0 Å². The van der Waals surface area contributed by atoms with E-state index in [9.17, 15) is 0 Å². The van der Waals surface area contributed by atoms with Crippen LogP contribution in [0, 0.1) is 11.8 Å². The Bertz CT molecular complexity index is 463. The molecule has 3 rings (SSSR count). The van der Waals surface area contributed by atoms with Crippen LogP contribution < -0.4 is 4.74 Å². The number of rotatable bonds is 5. The molecule has 2 aliphatic rings. The van der Waals surface area contributed by atoms with Gasteiger partial charge in [-0.1, -0.05) is 51.2 Å². The maximum absolute atomic E-state index is 6.80. The van der Waals surface area contributed by atoms with Crippen molar-refractivity contribution in [2.24, 2.45) is 11.8 Å². The van der Waals surface area contributed by atoms with Crippen molar-refractivity contribution in [2.45, 2.75) is 63.7 Å². The van der Waals surface area contributed by atoms with E-state index >= 15 is 0 Å². The fraction of sp³-hybridized carbons (Fsp3) is 0.684. The number of hydrogen-bond donors (Lipinski definition) is 0. The lowest BCUT2D eigenvalue weighted by Gasteiger charge is -2.31. The highest BCUT2D eigenvalue weighted by molar-refractivity contribution is 6.21. The third-order valence-corrected chi connectivity index (χ3v) is 5.91. The molecule has 116 valence electrons. The van der Waals surface area contributed by atoms with Gasteiger partial charge in [0.2, 0.25) is 0 Å². The number of halogens is 1. The molecule has 1 aromatic rings. The topological polar surface area (TPSA) is 9.23 Å². The number of hydrogen-bond acceptors (Lipinski definition) is 1. The molecule has 0 radical (unpaired) electrons. The highest BCUT2D eigenvalue weighted by Crippen LogP contribution is 2.42. The Morgan fingerprint density at radius 1 is 1.24 bits per heavy atom. The number of fused-ring (bicyclic) bond motifs is 1. The Balaban J connectivity index is 1.57. The summed E-state index contributed by atoms with van der Waals surface area (Å²) in [6, 6.07) is 6.56. The molecule has 0 aromatic heterocycles. The van der Waals surface area contributed by atoms with E-state index in [-0.39, 0.29) is 5.38 Å². The van der Waals surface area contributed by atoms with Gasteiger partial charge in [-0.2, -0.15) is 0 Å². The Morgan fingerprint density at radius 2 is 2.05 bits per heavy atom. The van der Waals surface area contributed by atoms with Gasteiger partial charge in [0, 0.05) is 6.42 Å². The molecular weight excluding hydrogens is 280 g/mol. The molecule has 1 aliphatic heterocycles. The van der Waals surface area contributed by atoms with Gasteiger partial charge < -0.3 is 4.74 Å². The quantitative estimate of drug-likeness (QED) is 0.615. The van der Waals surface area contributed by atoms with E-state index in [4.69, 9.17) is 16.3 Å². The van der Waals surface area contributed by atoms with Crippen molar-refractivity contribution in [3.05, 3.63) is 29.3 Å². The molecular formula is C19H27ClO. The minimum absolute atomic E-state index is 0.183. The molecule has 0 amide bonds. The summed E-state index contributed by atoms with van der Waals surface area (Å²) < 4.78 is 5.59. The molecule has 1 aliphatic carbocycles. The molecule has 1 fully saturated rings. The predicted molar refractivity (Wildman–Crippen MR) is 89.2 cm³/mol. The standard InChI is InChI=1S/C19H27ClO/c1-2-3-4-14-5-7-15(8-6-14)19(20)17-9-10-18-16(13-17)11-12-21-18/h9-10,13-15,19H,2-8,11-12H2,1H3. The summed E-state index contributed by atoms with van der Waals surface area (Å²) in [5.74, 6) is 2.68. The van der Waals surface area contributed by atoms with Crippen LogP contribution in [0.25, 0.3) is 0 Å². The Morgan fingerprint density at radius 3 is 2.81 bits per heavy atom. The third-order valence-electron chi connectivity index (χ3n) is 5.30. The van der Waals surface area contributed by atoms with Gasteiger partial charge in [0.25, 0.3) is 0 Å². The summed E-state index contributed by atoms with van der Waals surface area (Å²) in [4.78, 5) is 0. The van der Waals surface area contributed by atoms with Crippen LogP contribution in [0.3, 0.4) is 0 Å². The van der Waals surface area contributed by atoms with Gasteiger partial charge in [-0.15, -0.1) is 11.6 Å². The first-order valence-corrected chi connectivity index (χ1v) is 9.11. The molecule has 1 unspecified atom stereocenters. The molecule has 1 atom stereocenters. The lowest BCUT2D eigenvalue weighted by atomic mass is 9.77. The van der Waals surface area contributed by atoms with E-state index in [1.807, 2.05) is 0 Å². The van der Waals surface area contributed by atoms with Crippen molar-refractivity contribution in [1.29, 1.82) is 0 Å². The first kappa shape index (κ1) is 15.2. The zero-order valence-electron chi connectivity index (χ0n) is 13.1. The van der Waals surface area contributed by atoms with E-state index in [0.717, 1.165) is 24.7 Å². The Kier molecular flexibility index (Phi) is 5.11. The van der Waals surface area contributed by atoms with E-state index < -0.39 is 0 Å². The van der Waals surface area contributed by atoms with Crippen LogP contribution in [-0.4, -0.2) is 6.61 Å². The van der Waals surface area contributed by atoms with E-state index in [0.29, 0.717) is 5.92 Å². The van der Waals surface area contributed by atoms with Gasteiger partial charge in [0.1, 0.15) is 5.75 Å². The average molecular weight is 307 g/mol. The Hall–Kier alpha value is -0.690. The second kappa shape index (κ2) is 7.05. The number of ether oxygens (including phenoxy) is 1. The smallest absolute Gasteiger partial charge is 0.122 e. The minimum atomic E-state index is 0.183. The molecule has 2 heteroatoms. The molecule has 1 aromatic carbocycles. The molecule has 1 nitrogen and oxygen atoms in total. The van der Waals surface area contributed by atoms with Crippen molar-refractivity contribution >= 4 is 11.6 Å². The van der Waals surface area contributed by atoms with E-state index in [2.05, 4.69) is 25.1 Å². The average Bonchev–Trinajstić information content (AvgIpc) is 3.00. The number of alkyl halides is 1. The molecule has 1 heterocycles. The van der Waals surface area contributed by atoms with Gasteiger partial charge in [-0.05, 0) is 41.9 Å². The molecule has 21 heavy (non-hydrogen) atoms. The summed E-state index contributed by atoms with van der Waals surface area (Å²) in [6.07, 6.45) is 10.5. The van der Waals surface area contributed by atoms with Crippen LogP contribution in [0.15, 0.2) is 18.2 Å². The lowest BCUT2D eigenvalue weighted by molar-refractivity contribution is 0.254.